The zero-order chi connectivity index (χ0) is 34.3. The normalized spacial score (nSPS) is 16.2. The molecule has 2 aliphatic rings. The van der Waals surface area contributed by atoms with E-state index in [0.29, 0.717) is 17.5 Å². The molecule has 0 N–H and O–H groups in total. The summed E-state index contributed by atoms with van der Waals surface area (Å²) in [6.07, 6.45) is 21.0. The Morgan fingerprint density at radius 3 is 2.59 bits per heavy atom. The third kappa shape index (κ3) is 5.36. The zero-order valence-corrected chi connectivity index (χ0v) is 28.3. The van der Waals surface area contributed by atoms with Crippen molar-refractivity contribution < 1.29 is 4.42 Å². The van der Waals surface area contributed by atoms with E-state index in [2.05, 4.69) is 109 Å². The monoisotopic (exact) mass is 661 g/mol. The number of allylic oxidation sites excluding steroid dienone is 10. The number of aromatic nitrogens is 5. The van der Waals surface area contributed by atoms with Crippen LogP contribution in [0.5, 0.6) is 0 Å². The molecule has 7 aromatic rings. The first kappa shape index (κ1) is 30.6. The van der Waals surface area contributed by atoms with E-state index in [1.165, 1.54) is 5.39 Å². The highest BCUT2D eigenvalue weighted by Gasteiger charge is 2.30. The number of hydrogen-bond donors (Lipinski definition) is 0. The van der Waals surface area contributed by atoms with E-state index >= 15 is 0 Å². The van der Waals surface area contributed by atoms with Gasteiger partial charge < -0.3 is 4.42 Å². The van der Waals surface area contributed by atoms with Gasteiger partial charge in [-0.25, -0.2) is 19.9 Å². The Bertz CT molecular complexity index is 2590. The minimum Gasteiger partial charge on any atom is -0.460 e. The van der Waals surface area contributed by atoms with Crippen LogP contribution in [0.4, 0.5) is 0 Å². The molecule has 6 nitrogen and oxygen atoms in total. The summed E-state index contributed by atoms with van der Waals surface area (Å²) in [4.78, 5) is 20.3. The van der Waals surface area contributed by atoms with Gasteiger partial charge in [0.05, 0.1) is 17.1 Å². The van der Waals surface area contributed by atoms with Crippen molar-refractivity contribution in [2.24, 2.45) is 0 Å². The first-order valence-electron chi connectivity index (χ1n) is 17.4. The summed E-state index contributed by atoms with van der Waals surface area (Å²) in [5.74, 6) is 2.80. The summed E-state index contributed by atoms with van der Waals surface area (Å²) in [5.41, 5.74) is 9.31. The molecule has 0 saturated heterocycles. The van der Waals surface area contributed by atoms with Gasteiger partial charge in [0.2, 0.25) is 0 Å². The number of rotatable bonds is 7. The number of benzene rings is 3. The van der Waals surface area contributed by atoms with Crippen molar-refractivity contribution in [1.82, 2.24) is 24.5 Å². The summed E-state index contributed by atoms with van der Waals surface area (Å²) >= 11 is 0. The van der Waals surface area contributed by atoms with E-state index in [4.69, 9.17) is 24.4 Å². The molecule has 9 rings (SSSR count). The first-order valence-corrected chi connectivity index (χ1v) is 17.4. The molecule has 0 amide bonds. The highest BCUT2D eigenvalue weighted by molar-refractivity contribution is 6.08. The Hall–Kier alpha value is -6.40. The van der Waals surface area contributed by atoms with Crippen molar-refractivity contribution in [3.63, 3.8) is 0 Å². The number of nitrogens with zero attached hydrogens (tertiary/aromatic N) is 5. The average Bonchev–Trinajstić information content (AvgIpc) is 3.73. The van der Waals surface area contributed by atoms with E-state index in [1.807, 2.05) is 42.6 Å². The fourth-order valence-electron chi connectivity index (χ4n) is 7.44. The minimum absolute atomic E-state index is 0.171. The smallest absolute Gasteiger partial charge is 0.163 e. The Balaban J connectivity index is 1.19. The Morgan fingerprint density at radius 1 is 0.843 bits per heavy atom. The van der Waals surface area contributed by atoms with Crippen LogP contribution in [0, 0.1) is 0 Å². The second-order valence-corrected chi connectivity index (χ2v) is 13.0. The van der Waals surface area contributed by atoms with E-state index in [9.17, 15) is 0 Å². The molecule has 4 heterocycles. The Morgan fingerprint density at radius 2 is 1.69 bits per heavy atom. The van der Waals surface area contributed by atoms with Crippen molar-refractivity contribution in [2.75, 3.05) is 0 Å². The molecule has 4 aromatic heterocycles. The third-order valence-electron chi connectivity index (χ3n) is 9.86. The average molecular weight is 662 g/mol. The first-order chi connectivity index (χ1) is 25.2. The van der Waals surface area contributed by atoms with Gasteiger partial charge in [-0.15, -0.1) is 0 Å². The summed E-state index contributed by atoms with van der Waals surface area (Å²) in [6, 6.07) is 29.2. The predicted molar refractivity (Wildman–Crippen MR) is 207 cm³/mol. The lowest BCUT2D eigenvalue weighted by Gasteiger charge is -2.20. The van der Waals surface area contributed by atoms with Gasteiger partial charge in [0.1, 0.15) is 22.8 Å². The standard InChI is InChI=1S/C45H35N5O/c1-3-4-6-15-29(2)32-18-9-10-20-36(32)43-47-42(30-16-7-5-8-17-30)48-44(49-43)38-22-13-21-35-34-26-25-31(28-40(34)51-41(35)38)50-39-24-12-11-19-33(39)37-23-14-27-46-45(37)50/h3-9,11-19,21,23-28,38H,1,10,20,22H2,2H3/b6-4-,29-15+. The maximum Gasteiger partial charge on any atom is 0.163 e. The van der Waals surface area contributed by atoms with Crippen LogP contribution in [-0.2, 0) is 0 Å². The van der Waals surface area contributed by atoms with Crippen molar-refractivity contribution in [3.8, 4) is 17.1 Å². The molecule has 1 unspecified atom stereocenters. The fraction of sp³-hybridized carbons (Fsp3) is 0.111. The van der Waals surface area contributed by atoms with Crippen LogP contribution in [0.2, 0.25) is 0 Å². The molecule has 2 aliphatic carbocycles. The second kappa shape index (κ2) is 12.8. The molecule has 0 spiro atoms. The number of hydrogen-bond acceptors (Lipinski definition) is 5. The molecule has 1 atom stereocenters. The van der Waals surface area contributed by atoms with Gasteiger partial charge in [-0.3, -0.25) is 4.57 Å². The molecule has 0 radical (unpaired) electrons. The van der Waals surface area contributed by atoms with Crippen LogP contribution in [0.3, 0.4) is 0 Å². The van der Waals surface area contributed by atoms with Gasteiger partial charge in [0, 0.05) is 45.1 Å². The van der Waals surface area contributed by atoms with Crippen LogP contribution in [-0.4, -0.2) is 24.5 Å². The van der Waals surface area contributed by atoms with Crippen molar-refractivity contribution in [1.29, 1.82) is 0 Å². The minimum atomic E-state index is -0.171. The third-order valence-corrected chi connectivity index (χ3v) is 9.86. The summed E-state index contributed by atoms with van der Waals surface area (Å²) < 4.78 is 9.05. The largest absolute Gasteiger partial charge is 0.460 e. The maximum atomic E-state index is 6.83. The van der Waals surface area contributed by atoms with Gasteiger partial charge >= 0.3 is 0 Å². The number of furan rings is 1. The Labute approximate surface area is 296 Å². The number of para-hydroxylation sites is 1. The molecule has 0 bridgehead atoms. The lowest BCUT2D eigenvalue weighted by molar-refractivity contribution is 0.505. The SMILES string of the molecule is C=C/C=C\C=C(/C)C1=C(c2nc(-c3ccccc3)nc(C3CC=Cc4c3oc3cc(-n5c6ccccc6c6cccnc65)ccc43)n2)CCC=C1. The quantitative estimate of drug-likeness (QED) is 0.159. The van der Waals surface area contributed by atoms with Crippen LogP contribution < -0.4 is 0 Å². The fourth-order valence-corrected chi connectivity index (χ4v) is 7.44. The van der Waals surface area contributed by atoms with Crippen LogP contribution >= 0.6 is 0 Å². The van der Waals surface area contributed by atoms with Gasteiger partial charge in [0.25, 0.3) is 0 Å². The van der Waals surface area contributed by atoms with Gasteiger partial charge in [-0.05, 0) is 67.7 Å². The number of fused-ring (bicyclic) bond motifs is 6. The topological polar surface area (TPSA) is 69.6 Å². The summed E-state index contributed by atoms with van der Waals surface area (Å²) in [7, 11) is 0. The lowest BCUT2D eigenvalue weighted by atomic mass is 9.90. The Kier molecular flexibility index (Phi) is 7.70. The second-order valence-electron chi connectivity index (χ2n) is 13.0. The van der Waals surface area contributed by atoms with Crippen LogP contribution in [0.1, 0.15) is 55.1 Å². The van der Waals surface area contributed by atoms with Crippen LogP contribution in [0.15, 0.2) is 156 Å². The molecule has 51 heavy (non-hydrogen) atoms. The summed E-state index contributed by atoms with van der Waals surface area (Å²) in [5, 5.41) is 3.37. The van der Waals surface area contributed by atoms with Gasteiger partial charge in [0.15, 0.2) is 11.6 Å². The van der Waals surface area contributed by atoms with Crippen molar-refractivity contribution in [3.05, 3.63) is 174 Å². The molecule has 3 aromatic carbocycles. The van der Waals surface area contributed by atoms with E-state index in [-0.39, 0.29) is 5.92 Å². The number of pyridine rings is 1. The zero-order valence-electron chi connectivity index (χ0n) is 28.3. The van der Waals surface area contributed by atoms with Gasteiger partial charge in [-0.1, -0.05) is 104 Å². The lowest BCUT2D eigenvalue weighted by Crippen LogP contribution is -2.13. The maximum absolute atomic E-state index is 6.83. The van der Waals surface area contributed by atoms with Crippen molar-refractivity contribution in [2.45, 2.75) is 32.1 Å². The van der Waals surface area contributed by atoms with E-state index in [0.717, 1.165) is 86.1 Å². The van der Waals surface area contributed by atoms with E-state index < -0.39 is 0 Å². The highest BCUT2D eigenvalue weighted by Crippen LogP contribution is 2.42. The predicted octanol–water partition coefficient (Wildman–Crippen LogP) is 11.1. The molecule has 246 valence electrons. The van der Waals surface area contributed by atoms with Crippen molar-refractivity contribution >= 4 is 44.6 Å². The molecule has 0 fully saturated rings. The van der Waals surface area contributed by atoms with E-state index in [1.54, 1.807) is 6.08 Å². The van der Waals surface area contributed by atoms with Gasteiger partial charge in [-0.2, -0.15) is 0 Å². The highest BCUT2D eigenvalue weighted by atomic mass is 16.3. The summed E-state index contributed by atoms with van der Waals surface area (Å²) in [6.45, 7) is 5.94. The molecular formula is C45H35N5O. The molecule has 6 heteroatoms. The molecule has 0 aliphatic heterocycles. The molecule has 0 saturated carbocycles. The molecular weight excluding hydrogens is 627 g/mol. The van der Waals surface area contributed by atoms with Crippen LogP contribution in [0.25, 0.3) is 61.6 Å².